The minimum absolute atomic E-state index is 0.442. The molecule has 1 heterocycles. The largest absolute Gasteiger partial charge is 0.497 e. The number of likely N-dealkylation sites (N-methyl/N-ethyl adjacent to an activating group) is 1. The lowest BCUT2D eigenvalue weighted by molar-refractivity contribution is 0.169. The van der Waals surface area contributed by atoms with Gasteiger partial charge in [0.05, 0.1) is 7.11 Å². The van der Waals surface area contributed by atoms with Crippen molar-refractivity contribution in [2.24, 2.45) is 11.8 Å². The van der Waals surface area contributed by atoms with Crippen LogP contribution in [-0.4, -0.2) is 38.2 Å². The van der Waals surface area contributed by atoms with Crippen molar-refractivity contribution in [1.29, 1.82) is 0 Å². The Bertz CT molecular complexity index is 492. The SMILES string of the molecule is CNC1c2ccc(OC)cc2CCC1N1CC(C)C(C)C1. The fourth-order valence-electron chi connectivity index (χ4n) is 4.09. The van der Waals surface area contributed by atoms with Gasteiger partial charge in [0.15, 0.2) is 0 Å². The first-order valence-corrected chi connectivity index (χ1v) is 8.22. The molecule has 0 amide bonds. The Morgan fingerprint density at radius 2 is 1.90 bits per heavy atom. The van der Waals surface area contributed by atoms with Crippen molar-refractivity contribution in [1.82, 2.24) is 10.2 Å². The number of hydrogen-bond acceptors (Lipinski definition) is 3. The predicted octanol–water partition coefficient (Wildman–Crippen LogP) is 2.86. The number of nitrogens with one attached hydrogen (secondary N) is 1. The van der Waals surface area contributed by atoms with Crippen molar-refractivity contribution in [2.45, 2.75) is 38.8 Å². The number of methoxy groups -OCH3 is 1. The van der Waals surface area contributed by atoms with Crippen LogP contribution in [-0.2, 0) is 6.42 Å². The van der Waals surface area contributed by atoms with Crippen LogP contribution in [0.1, 0.15) is 37.4 Å². The smallest absolute Gasteiger partial charge is 0.119 e. The quantitative estimate of drug-likeness (QED) is 0.925. The average molecular weight is 288 g/mol. The molecular formula is C18H28N2O. The number of rotatable bonds is 3. The molecule has 4 unspecified atom stereocenters. The van der Waals surface area contributed by atoms with Gasteiger partial charge in [-0.05, 0) is 55.0 Å². The molecule has 3 nitrogen and oxygen atoms in total. The molecule has 3 rings (SSSR count). The van der Waals surface area contributed by atoms with E-state index in [0.717, 1.165) is 24.0 Å². The van der Waals surface area contributed by atoms with Crippen LogP contribution in [0.3, 0.4) is 0 Å². The maximum atomic E-state index is 5.37. The molecule has 116 valence electrons. The summed E-state index contributed by atoms with van der Waals surface area (Å²) in [6, 6.07) is 7.64. The first-order valence-electron chi connectivity index (χ1n) is 8.22. The molecule has 2 aliphatic rings. The molecule has 0 bridgehead atoms. The van der Waals surface area contributed by atoms with E-state index in [9.17, 15) is 0 Å². The second-order valence-corrected chi connectivity index (χ2v) is 6.85. The van der Waals surface area contributed by atoms with Gasteiger partial charge in [-0.1, -0.05) is 19.9 Å². The van der Waals surface area contributed by atoms with Gasteiger partial charge in [-0.25, -0.2) is 0 Å². The van der Waals surface area contributed by atoms with Gasteiger partial charge in [0.25, 0.3) is 0 Å². The monoisotopic (exact) mass is 288 g/mol. The molecule has 1 fully saturated rings. The molecule has 4 atom stereocenters. The van der Waals surface area contributed by atoms with E-state index in [4.69, 9.17) is 4.74 Å². The fraction of sp³-hybridized carbons (Fsp3) is 0.667. The van der Waals surface area contributed by atoms with Crippen LogP contribution in [0.5, 0.6) is 5.75 Å². The molecule has 0 spiro atoms. The molecular weight excluding hydrogens is 260 g/mol. The number of likely N-dealkylation sites (tertiary alicyclic amines) is 1. The van der Waals surface area contributed by atoms with Gasteiger partial charge in [-0.15, -0.1) is 0 Å². The van der Waals surface area contributed by atoms with Crippen molar-refractivity contribution in [2.75, 3.05) is 27.2 Å². The van der Waals surface area contributed by atoms with Gasteiger partial charge in [0, 0.05) is 25.2 Å². The lowest BCUT2D eigenvalue weighted by Gasteiger charge is -2.39. The minimum atomic E-state index is 0.442. The first-order chi connectivity index (χ1) is 10.1. The van der Waals surface area contributed by atoms with Crippen LogP contribution in [0, 0.1) is 11.8 Å². The van der Waals surface area contributed by atoms with Crippen molar-refractivity contribution in [3.05, 3.63) is 29.3 Å². The molecule has 0 saturated carbocycles. The first kappa shape index (κ1) is 14.9. The fourth-order valence-corrected chi connectivity index (χ4v) is 4.09. The van der Waals surface area contributed by atoms with Gasteiger partial charge < -0.3 is 10.1 Å². The molecule has 1 aromatic rings. The molecule has 1 N–H and O–H groups in total. The van der Waals surface area contributed by atoms with Gasteiger partial charge in [0.2, 0.25) is 0 Å². The van der Waals surface area contributed by atoms with E-state index in [2.05, 4.69) is 49.3 Å². The van der Waals surface area contributed by atoms with Crippen molar-refractivity contribution >= 4 is 0 Å². The topological polar surface area (TPSA) is 24.5 Å². The van der Waals surface area contributed by atoms with E-state index in [1.165, 1.54) is 30.6 Å². The van der Waals surface area contributed by atoms with Crippen LogP contribution in [0.25, 0.3) is 0 Å². The molecule has 0 radical (unpaired) electrons. The number of benzene rings is 1. The zero-order valence-electron chi connectivity index (χ0n) is 13.7. The van der Waals surface area contributed by atoms with Crippen molar-refractivity contribution in [3.63, 3.8) is 0 Å². The summed E-state index contributed by atoms with van der Waals surface area (Å²) in [4.78, 5) is 2.71. The lowest BCUT2D eigenvalue weighted by Crippen LogP contribution is -2.45. The summed E-state index contributed by atoms with van der Waals surface area (Å²) >= 11 is 0. The van der Waals surface area contributed by atoms with Crippen LogP contribution in [0.4, 0.5) is 0 Å². The summed E-state index contributed by atoms with van der Waals surface area (Å²) < 4.78 is 5.37. The third-order valence-corrected chi connectivity index (χ3v) is 5.58. The Labute approximate surface area is 128 Å². The second kappa shape index (κ2) is 5.98. The van der Waals surface area contributed by atoms with Gasteiger partial charge in [0.1, 0.15) is 5.75 Å². The number of nitrogens with zero attached hydrogens (tertiary/aromatic N) is 1. The highest BCUT2D eigenvalue weighted by Crippen LogP contribution is 2.37. The zero-order valence-corrected chi connectivity index (χ0v) is 13.7. The molecule has 21 heavy (non-hydrogen) atoms. The molecule has 0 aromatic heterocycles. The lowest BCUT2D eigenvalue weighted by atomic mass is 9.83. The molecule has 3 heteroatoms. The molecule has 1 aliphatic carbocycles. The Kier molecular flexibility index (Phi) is 4.23. The Morgan fingerprint density at radius 3 is 2.52 bits per heavy atom. The predicted molar refractivity (Wildman–Crippen MR) is 86.8 cm³/mol. The summed E-state index contributed by atoms with van der Waals surface area (Å²) in [5.74, 6) is 2.62. The second-order valence-electron chi connectivity index (χ2n) is 6.85. The van der Waals surface area contributed by atoms with E-state index in [1.807, 2.05) is 0 Å². The van der Waals surface area contributed by atoms with Crippen LogP contribution >= 0.6 is 0 Å². The van der Waals surface area contributed by atoms with E-state index >= 15 is 0 Å². The number of fused-ring (bicyclic) bond motifs is 1. The van der Waals surface area contributed by atoms with E-state index in [0.29, 0.717) is 12.1 Å². The van der Waals surface area contributed by atoms with Gasteiger partial charge in [-0.3, -0.25) is 4.90 Å². The number of hydrogen-bond donors (Lipinski definition) is 1. The van der Waals surface area contributed by atoms with Crippen molar-refractivity contribution in [3.8, 4) is 5.75 Å². The summed E-state index contributed by atoms with van der Waals surface area (Å²) in [6.45, 7) is 7.27. The zero-order chi connectivity index (χ0) is 15.0. The van der Waals surface area contributed by atoms with Crippen molar-refractivity contribution < 1.29 is 4.74 Å². The maximum Gasteiger partial charge on any atom is 0.119 e. The summed E-state index contributed by atoms with van der Waals surface area (Å²) in [6.07, 6.45) is 2.40. The van der Waals surface area contributed by atoms with E-state index in [1.54, 1.807) is 7.11 Å². The Hall–Kier alpha value is -1.06. The highest BCUT2D eigenvalue weighted by atomic mass is 16.5. The highest BCUT2D eigenvalue weighted by Gasteiger charge is 2.37. The van der Waals surface area contributed by atoms with Crippen LogP contribution < -0.4 is 10.1 Å². The van der Waals surface area contributed by atoms with Crippen LogP contribution in [0.15, 0.2) is 18.2 Å². The van der Waals surface area contributed by atoms with Crippen LogP contribution in [0.2, 0.25) is 0 Å². The minimum Gasteiger partial charge on any atom is -0.497 e. The molecule has 1 saturated heterocycles. The summed E-state index contributed by atoms with van der Waals surface area (Å²) in [7, 11) is 3.84. The summed E-state index contributed by atoms with van der Waals surface area (Å²) in [5.41, 5.74) is 2.91. The van der Waals surface area contributed by atoms with E-state index in [-0.39, 0.29) is 0 Å². The molecule has 1 aliphatic heterocycles. The third-order valence-electron chi connectivity index (χ3n) is 5.58. The Balaban J connectivity index is 1.85. The van der Waals surface area contributed by atoms with E-state index < -0.39 is 0 Å². The average Bonchev–Trinajstić information content (AvgIpc) is 2.84. The highest BCUT2D eigenvalue weighted by molar-refractivity contribution is 5.40. The number of aryl methyl sites for hydroxylation is 1. The number of ether oxygens (including phenoxy) is 1. The standard InChI is InChI=1S/C18H28N2O/c1-12-10-20(11-13(12)2)17-8-5-14-9-15(21-4)6-7-16(14)18(17)19-3/h6-7,9,12-13,17-19H,5,8,10-11H2,1-4H3. The van der Waals surface area contributed by atoms with Gasteiger partial charge in [-0.2, -0.15) is 0 Å². The summed E-state index contributed by atoms with van der Waals surface area (Å²) in [5, 5.41) is 3.57. The van der Waals surface area contributed by atoms with Gasteiger partial charge >= 0.3 is 0 Å². The normalized spacial score (nSPS) is 33.0. The Morgan fingerprint density at radius 1 is 1.19 bits per heavy atom. The third kappa shape index (κ3) is 2.69. The maximum absolute atomic E-state index is 5.37. The molecule has 1 aromatic carbocycles.